The summed E-state index contributed by atoms with van der Waals surface area (Å²) in [6.45, 7) is 4.20. The normalized spacial score (nSPS) is 11.7. The Morgan fingerprint density at radius 1 is 1.00 bits per heavy atom. The van der Waals surface area contributed by atoms with Gasteiger partial charge in [0.2, 0.25) is 10.0 Å². The highest BCUT2D eigenvalue weighted by molar-refractivity contribution is 7.89. The highest BCUT2D eigenvalue weighted by Gasteiger charge is 2.16. The second kappa shape index (κ2) is 8.99. The highest BCUT2D eigenvalue weighted by Crippen LogP contribution is 2.15. The van der Waals surface area contributed by atoms with Crippen LogP contribution in [0.25, 0.3) is 0 Å². The van der Waals surface area contributed by atoms with Gasteiger partial charge in [0.1, 0.15) is 5.75 Å². The van der Waals surface area contributed by atoms with E-state index in [2.05, 4.69) is 18.3 Å². The second-order valence-electron chi connectivity index (χ2n) is 6.03. The van der Waals surface area contributed by atoms with Crippen LogP contribution in [-0.2, 0) is 23.1 Å². The Hall–Kier alpha value is -1.89. The van der Waals surface area contributed by atoms with Crippen LogP contribution in [0.4, 0.5) is 0 Å². The first-order chi connectivity index (χ1) is 11.9. The molecule has 0 spiro atoms. The van der Waals surface area contributed by atoms with E-state index in [1.807, 2.05) is 30.3 Å². The van der Waals surface area contributed by atoms with Crippen molar-refractivity contribution in [2.24, 2.45) is 0 Å². The Morgan fingerprint density at radius 2 is 1.68 bits per heavy atom. The van der Waals surface area contributed by atoms with Crippen molar-refractivity contribution in [2.45, 2.75) is 31.3 Å². The monoisotopic (exact) mass is 362 g/mol. The van der Waals surface area contributed by atoms with E-state index in [9.17, 15) is 8.42 Å². The van der Waals surface area contributed by atoms with Crippen molar-refractivity contribution in [2.75, 3.05) is 20.7 Å². The smallest absolute Gasteiger partial charge is 0.242 e. The Bertz CT molecular complexity index is 772. The fraction of sp³-hybridized carbons (Fsp3) is 0.368. The molecule has 0 saturated heterocycles. The quantitative estimate of drug-likeness (QED) is 0.745. The molecule has 0 radical (unpaired) electrons. The summed E-state index contributed by atoms with van der Waals surface area (Å²) in [5.41, 5.74) is 2.19. The zero-order valence-corrected chi connectivity index (χ0v) is 15.8. The average Bonchev–Trinajstić information content (AvgIpc) is 2.60. The fourth-order valence-corrected chi connectivity index (χ4v) is 3.21. The van der Waals surface area contributed by atoms with E-state index < -0.39 is 10.0 Å². The number of hydrogen-bond acceptors (Lipinski definition) is 4. The minimum atomic E-state index is -3.37. The lowest BCUT2D eigenvalue weighted by Gasteiger charge is -2.12. The van der Waals surface area contributed by atoms with E-state index in [-0.39, 0.29) is 0 Å². The third kappa shape index (κ3) is 5.56. The van der Waals surface area contributed by atoms with Gasteiger partial charge in [-0.05, 0) is 41.8 Å². The Balaban J connectivity index is 1.90. The zero-order valence-electron chi connectivity index (χ0n) is 15.0. The third-order valence-electron chi connectivity index (χ3n) is 3.73. The molecule has 2 aromatic carbocycles. The fourth-order valence-electron chi connectivity index (χ4n) is 2.31. The van der Waals surface area contributed by atoms with Gasteiger partial charge in [0.15, 0.2) is 0 Å². The van der Waals surface area contributed by atoms with Gasteiger partial charge in [0, 0.05) is 27.2 Å². The van der Waals surface area contributed by atoms with Crippen LogP contribution in [0.1, 0.15) is 24.5 Å². The molecule has 0 heterocycles. The molecule has 2 aromatic rings. The first-order valence-corrected chi connectivity index (χ1v) is 9.81. The van der Waals surface area contributed by atoms with E-state index in [0.717, 1.165) is 36.4 Å². The molecule has 0 aliphatic carbocycles. The van der Waals surface area contributed by atoms with Gasteiger partial charge in [-0.3, -0.25) is 0 Å². The summed E-state index contributed by atoms with van der Waals surface area (Å²) in [5.74, 6) is 0.888. The molecule has 6 heteroatoms. The summed E-state index contributed by atoms with van der Waals surface area (Å²) >= 11 is 0. The minimum absolute atomic E-state index is 0.307. The molecule has 0 saturated carbocycles. The van der Waals surface area contributed by atoms with Crippen molar-refractivity contribution in [1.29, 1.82) is 0 Å². The van der Waals surface area contributed by atoms with E-state index >= 15 is 0 Å². The van der Waals surface area contributed by atoms with Gasteiger partial charge < -0.3 is 10.1 Å². The van der Waals surface area contributed by atoms with Gasteiger partial charge in [-0.2, -0.15) is 0 Å². The van der Waals surface area contributed by atoms with Gasteiger partial charge in [-0.15, -0.1) is 0 Å². The summed E-state index contributed by atoms with van der Waals surface area (Å²) in [4.78, 5) is 0.307. The van der Waals surface area contributed by atoms with E-state index in [1.54, 1.807) is 12.1 Å². The summed E-state index contributed by atoms with van der Waals surface area (Å²) in [5, 5.41) is 3.37. The molecule has 25 heavy (non-hydrogen) atoms. The molecule has 2 rings (SSSR count). The lowest BCUT2D eigenvalue weighted by Crippen LogP contribution is -2.22. The van der Waals surface area contributed by atoms with Crippen molar-refractivity contribution >= 4 is 10.0 Å². The van der Waals surface area contributed by atoms with Crippen LogP contribution in [-0.4, -0.2) is 33.4 Å². The lowest BCUT2D eigenvalue weighted by atomic mass is 10.2. The first kappa shape index (κ1) is 19.4. The molecule has 5 nitrogen and oxygen atoms in total. The van der Waals surface area contributed by atoms with E-state index in [4.69, 9.17) is 4.74 Å². The number of sulfonamides is 1. The van der Waals surface area contributed by atoms with Crippen LogP contribution in [0.5, 0.6) is 5.75 Å². The summed E-state index contributed by atoms with van der Waals surface area (Å²) in [6.07, 6.45) is 0.988. The first-order valence-electron chi connectivity index (χ1n) is 8.37. The average molecular weight is 362 g/mol. The molecule has 0 aliphatic rings. The largest absolute Gasteiger partial charge is 0.494 e. The number of benzene rings is 2. The van der Waals surface area contributed by atoms with Crippen LogP contribution in [0.15, 0.2) is 53.4 Å². The van der Waals surface area contributed by atoms with Gasteiger partial charge >= 0.3 is 0 Å². The second-order valence-corrected chi connectivity index (χ2v) is 8.18. The molecular formula is C19H26N2O3S. The van der Waals surface area contributed by atoms with E-state index in [0.29, 0.717) is 11.4 Å². The molecule has 0 aromatic heterocycles. The molecular weight excluding hydrogens is 336 g/mol. The standard InChI is InChI=1S/C19H26N2O3S/c1-4-12-24-18-7-5-6-17(13-18)15-20-14-16-8-10-19(11-9-16)25(22,23)21(2)3/h5-11,13,20H,4,12,14-15H2,1-3H3. The molecule has 0 aliphatic heterocycles. The number of nitrogens with zero attached hydrogens (tertiary/aromatic N) is 1. The molecule has 0 unspecified atom stereocenters. The summed E-state index contributed by atoms with van der Waals surface area (Å²) in [7, 11) is -0.309. The van der Waals surface area contributed by atoms with Crippen LogP contribution < -0.4 is 10.1 Å². The van der Waals surface area contributed by atoms with Gasteiger partial charge in [-0.1, -0.05) is 31.2 Å². The number of ether oxygens (including phenoxy) is 1. The number of hydrogen-bond donors (Lipinski definition) is 1. The van der Waals surface area contributed by atoms with Crippen LogP contribution in [0.3, 0.4) is 0 Å². The van der Waals surface area contributed by atoms with Crippen molar-refractivity contribution in [1.82, 2.24) is 9.62 Å². The predicted molar refractivity (Wildman–Crippen MR) is 100 cm³/mol. The molecule has 0 atom stereocenters. The third-order valence-corrected chi connectivity index (χ3v) is 5.56. The Labute approximate surface area is 150 Å². The van der Waals surface area contributed by atoms with Gasteiger partial charge in [0.25, 0.3) is 0 Å². The van der Waals surface area contributed by atoms with Crippen molar-refractivity contribution < 1.29 is 13.2 Å². The van der Waals surface area contributed by atoms with E-state index in [1.165, 1.54) is 18.4 Å². The Kier molecular flexibility index (Phi) is 6.99. The highest BCUT2D eigenvalue weighted by atomic mass is 32.2. The van der Waals surface area contributed by atoms with Crippen molar-refractivity contribution in [3.63, 3.8) is 0 Å². The van der Waals surface area contributed by atoms with Crippen LogP contribution >= 0.6 is 0 Å². The van der Waals surface area contributed by atoms with Crippen molar-refractivity contribution in [3.8, 4) is 5.75 Å². The summed E-state index contributed by atoms with van der Waals surface area (Å²) < 4.78 is 30.9. The molecule has 0 bridgehead atoms. The molecule has 136 valence electrons. The minimum Gasteiger partial charge on any atom is -0.494 e. The lowest BCUT2D eigenvalue weighted by molar-refractivity contribution is 0.317. The zero-order chi connectivity index (χ0) is 18.3. The van der Waals surface area contributed by atoms with Crippen LogP contribution in [0.2, 0.25) is 0 Å². The van der Waals surface area contributed by atoms with Crippen molar-refractivity contribution in [3.05, 3.63) is 59.7 Å². The molecule has 1 N–H and O–H groups in total. The van der Waals surface area contributed by atoms with Gasteiger partial charge in [-0.25, -0.2) is 12.7 Å². The maximum Gasteiger partial charge on any atom is 0.242 e. The summed E-state index contributed by atoms with van der Waals surface area (Å²) in [6, 6.07) is 15.0. The van der Waals surface area contributed by atoms with Crippen LogP contribution in [0, 0.1) is 0 Å². The number of rotatable bonds is 9. The molecule has 0 amide bonds. The Morgan fingerprint density at radius 3 is 2.32 bits per heavy atom. The predicted octanol–water partition coefficient (Wildman–Crippen LogP) is 3.02. The maximum absolute atomic E-state index is 12.0. The SMILES string of the molecule is CCCOc1cccc(CNCc2ccc(S(=O)(=O)N(C)C)cc2)c1. The molecule has 0 fully saturated rings. The number of nitrogens with one attached hydrogen (secondary N) is 1. The van der Waals surface area contributed by atoms with Gasteiger partial charge in [0.05, 0.1) is 11.5 Å². The topological polar surface area (TPSA) is 58.6 Å². The maximum atomic E-state index is 12.0.